The number of aliphatic hydroxyl groups is 1. The molecule has 0 aromatic rings. The first-order valence-corrected chi connectivity index (χ1v) is 6.75. The highest BCUT2D eigenvalue weighted by atomic mass is 16.5. The van der Waals surface area contributed by atoms with Crippen LogP contribution in [-0.4, -0.2) is 62.7 Å². The van der Waals surface area contributed by atoms with Crippen LogP contribution in [-0.2, 0) is 4.74 Å². The van der Waals surface area contributed by atoms with Crippen molar-refractivity contribution in [2.45, 2.75) is 31.6 Å². The van der Waals surface area contributed by atoms with E-state index in [-0.39, 0.29) is 18.9 Å². The van der Waals surface area contributed by atoms with Crippen LogP contribution in [0.5, 0.6) is 0 Å². The topological polar surface area (TPSA) is 56.8 Å². The lowest BCUT2D eigenvalue weighted by Crippen LogP contribution is -2.26. The highest BCUT2D eigenvalue weighted by molar-refractivity contribution is 4.84. The maximum atomic E-state index is 8.93. The summed E-state index contributed by atoms with van der Waals surface area (Å²) in [7, 11) is 4.18. The Morgan fingerprint density at radius 2 is 2.22 bits per heavy atom. The second kappa shape index (κ2) is 9.33. The van der Waals surface area contributed by atoms with Gasteiger partial charge < -0.3 is 25.4 Å². The monoisotopic (exact) mass is 257 g/mol. The van der Waals surface area contributed by atoms with Gasteiger partial charge in [0.15, 0.2) is 0 Å². The van der Waals surface area contributed by atoms with E-state index in [0.717, 1.165) is 38.9 Å². The van der Waals surface area contributed by atoms with Gasteiger partial charge in [0.2, 0.25) is 0 Å². The first-order valence-electron chi connectivity index (χ1n) is 6.75. The molecule has 106 valence electrons. The molecule has 18 heavy (non-hydrogen) atoms. The molecule has 0 aliphatic carbocycles. The molecule has 2 unspecified atom stereocenters. The Hall–Kier alpha value is -0.620. The summed E-state index contributed by atoms with van der Waals surface area (Å²) in [5.74, 6) is 0. The lowest BCUT2D eigenvalue weighted by molar-refractivity contribution is 0.00316. The van der Waals surface area contributed by atoms with Gasteiger partial charge in [-0.3, -0.25) is 0 Å². The molecular weight excluding hydrogens is 230 g/mol. The van der Waals surface area contributed by atoms with Crippen LogP contribution in [0.2, 0.25) is 0 Å². The number of nitrogens with zero attached hydrogens (tertiary/aromatic N) is 1. The Balaban J connectivity index is 1.91. The standard InChI is InChI=1S/C13H27N3O2/c1-16(2)10-4-8-14-7-3-9-15-13-6-5-12(11-17)18-13/h3,9,12-15,17H,4-8,10-11H2,1-2H3/b9-3-. The molecule has 5 heteroatoms. The van der Waals surface area contributed by atoms with E-state index < -0.39 is 0 Å². The maximum absolute atomic E-state index is 8.93. The number of hydrogen-bond donors (Lipinski definition) is 3. The van der Waals surface area contributed by atoms with Gasteiger partial charge in [-0.25, -0.2) is 0 Å². The van der Waals surface area contributed by atoms with Crippen LogP contribution in [0.25, 0.3) is 0 Å². The fraction of sp³-hybridized carbons (Fsp3) is 0.846. The lowest BCUT2D eigenvalue weighted by atomic mass is 10.2. The maximum Gasteiger partial charge on any atom is 0.127 e. The summed E-state index contributed by atoms with van der Waals surface area (Å²) in [6, 6.07) is 0. The normalized spacial score (nSPS) is 24.2. The number of rotatable bonds is 9. The van der Waals surface area contributed by atoms with E-state index in [9.17, 15) is 0 Å². The highest BCUT2D eigenvalue weighted by Crippen LogP contribution is 2.16. The third-order valence-corrected chi connectivity index (χ3v) is 2.93. The van der Waals surface area contributed by atoms with Crippen molar-refractivity contribution in [3.05, 3.63) is 12.3 Å². The molecular formula is C13H27N3O2. The van der Waals surface area contributed by atoms with Gasteiger partial charge in [0, 0.05) is 6.54 Å². The van der Waals surface area contributed by atoms with Crippen LogP contribution in [0, 0.1) is 0 Å². The van der Waals surface area contributed by atoms with Crippen LogP contribution < -0.4 is 10.6 Å². The van der Waals surface area contributed by atoms with Crippen molar-refractivity contribution in [3.63, 3.8) is 0 Å². The molecule has 0 spiro atoms. The van der Waals surface area contributed by atoms with Crippen LogP contribution >= 0.6 is 0 Å². The Labute approximate surface area is 110 Å². The molecule has 3 N–H and O–H groups in total. The smallest absolute Gasteiger partial charge is 0.127 e. The van der Waals surface area contributed by atoms with E-state index in [1.807, 2.05) is 6.20 Å². The summed E-state index contributed by atoms with van der Waals surface area (Å²) in [5, 5.41) is 15.5. The summed E-state index contributed by atoms with van der Waals surface area (Å²) >= 11 is 0. The van der Waals surface area contributed by atoms with Crippen molar-refractivity contribution >= 4 is 0 Å². The van der Waals surface area contributed by atoms with E-state index >= 15 is 0 Å². The Kier molecular flexibility index (Phi) is 8.00. The Bertz CT molecular complexity index is 234. The van der Waals surface area contributed by atoms with E-state index in [1.165, 1.54) is 0 Å². The predicted molar refractivity (Wildman–Crippen MR) is 73.3 cm³/mol. The van der Waals surface area contributed by atoms with Gasteiger partial charge in [-0.1, -0.05) is 6.08 Å². The van der Waals surface area contributed by atoms with E-state index in [2.05, 4.69) is 35.7 Å². The van der Waals surface area contributed by atoms with Gasteiger partial charge >= 0.3 is 0 Å². The average Bonchev–Trinajstić information content (AvgIpc) is 2.80. The molecule has 1 fully saturated rings. The third-order valence-electron chi connectivity index (χ3n) is 2.93. The zero-order valence-corrected chi connectivity index (χ0v) is 11.6. The van der Waals surface area contributed by atoms with E-state index in [1.54, 1.807) is 0 Å². The Morgan fingerprint density at radius 3 is 2.89 bits per heavy atom. The number of ether oxygens (including phenoxy) is 1. The zero-order valence-electron chi connectivity index (χ0n) is 11.6. The first kappa shape index (κ1) is 15.4. The molecule has 1 rings (SSSR count). The van der Waals surface area contributed by atoms with Gasteiger partial charge in [0.25, 0.3) is 0 Å². The highest BCUT2D eigenvalue weighted by Gasteiger charge is 2.22. The summed E-state index contributed by atoms with van der Waals surface area (Å²) < 4.78 is 5.54. The number of hydrogen-bond acceptors (Lipinski definition) is 5. The van der Waals surface area contributed by atoms with Gasteiger partial charge in [-0.15, -0.1) is 0 Å². The molecule has 0 amide bonds. The number of nitrogens with one attached hydrogen (secondary N) is 2. The molecule has 1 aliphatic heterocycles. The number of aliphatic hydroxyl groups excluding tert-OH is 1. The zero-order chi connectivity index (χ0) is 13.2. The molecule has 0 aromatic heterocycles. The fourth-order valence-electron chi connectivity index (χ4n) is 1.90. The molecule has 0 aromatic carbocycles. The molecule has 0 bridgehead atoms. The average molecular weight is 257 g/mol. The van der Waals surface area contributed by atoms with Crippen molar-refractivity contribution in [3.8, 4) is 0 Å². The van der Waals surface area contributed by atoms with Crippen LogP contribution in [0.1, 0.15) is 19.3 Å². The van der Waals surface area contributed by atoms with Gasteiger partial charge in [0.1, 0.15) is 6.23 Å². The lowest BCUT2D eigenvalue weighted by Gasteiger charge is -2.11. The minimum atomic E-state index is 0.0139. The minimum absolute atomic E-state index is 0.0139. The van der Waals surface area contributed by atoms with Crippen LogP contribution in [0.4, 0.5) is 0 Å². The fourth-order valence-corrected chi connectivity index (χ4v) is 1.90. The second-order valence-corrected chi connectivity index (χ2v) is 4.94. The summed E-state index contributed by atoms with van der Waals surface area (Å²) in [4.78, 5) is 2.19. The molecule has 1 saturated heterocycles. The first-order chi connectivity index (χ1) is 8.72. The van der Waals surface area contributed by atoms with Gasteiger partial charge in [-0.2, -0.15) is 0 Å². The van der Waals surface area contributed by atoms with Crippen molar-refractivity contribution < 1.29 is 9.84 Å². The van der Waals surface area contributed by atoms with Crippen molar-refractivity contribution in [1.82, 2.24) is 15.5 Å². The molecule has 1 aliphatic rings. The van der Waals surface area contributed by atoms with Gasteiger partial charge in [0.05, 0.1) is 12.7 Å². The Morgan fingerprint density at radius 1 is 1.39 bits per heavy atom. The SMILES string of the molecule is CN(C)CCCNC/C=C\NC1CCC(CO)O1. The van der Waals surface area contributed by atoms with Crippen molar-refractivity contribution in [2.24, 2.45) is 0 Å². The molecule has 2 atom stereocenters. The quantitative estimate of drug-likeness (QED) is 0.513. The predicted octanol–water partition coefficient (Wildman–Crippen LogP) is 0.128. The summed E-state index contributed by atoms with van der Waals surface area (Å²) in [5.41, 5.74) is 0. The van der Waals surface area contributed by atoms with Crippen molar-refractivity contribution in [2.75, 3.05) is 40.3 Å². The van der Waals surface area contributed by atoms with Crippen molar-refractivity contribution in [1.29, 1.82) is 0 Å². The van der Waals surface area contributed by atoms with Gasteiger partial charge in [-0.05, 0) is 52.6 Å². The largest absolute Gasteiger partial charge is 0.394 e. The van der Waals surface area contributed by atoms with E-state index in [4.69, 9.17) is 9.84 Å². The minimum Gasteiger partial charge on any atom is -0.394 e. The van der Waals surface area contributed by atoms with E-state index in [0.29, 0.717) is 0 Å². The molecule has 5 nitrogen and oxygen atoms in total. The third kappa shape index (κ3) is 6.96. The molecule has 0 radical (unpaired) electrons. The van der Waals surface area contributed by atoms with Crippen LogP contribution in [0.15, 0.2) is 12.3 Å². The molecule has 0 saturated carbocycles. The van der Waals surface area contributed by atoms with Crippen LogP contribution in [0.3, 0.4) is 0 Å². The second-order valence-electron chi connectivity index (χ2n) is 4.94. The summed E-state index contributed by atoms with van der Waals surface area (Å²) in [6.45, 7) is 3.15. The molecule has 1 heterocycles. The summed E-state index contributed by atoms with van der Waals surface area (Å²) in [6.07, 6.45) is 7.14.